The molecule has 1 N–H and O–H groups in total. The molecular formula is C16H21F2NO2. The van der Waals surface area contributed by atoms with Crippen LogP contribution in [-0.4, -0.2) is 26.3 Å². The van der Waals surface area contributed by atoms with Crippen LogP contribution >= 0.6 is 0 Å². The topological polar surface area (TPSA) is 30.5 Å². The number of hydrogen-bond donors (Lipinski definition) is 1. The average molecular weight is 297 g/mol. The van der Waals surface area contributed by atoms with Crippen molar-refractivity contribution in [3.8, 4) is 11.5 Å². The van der Waals surface area contributed by atoms with Gasteiger partial charge in [0.25, 0.3) is 5.92 Å². The molecule has 1 aromatic rings. The van der Waals surface area contributed by atoms with Crippen LogP contribution in [0.25, 0.3) is 0 Å². The Hall–Kier alpha value is -1.36. The smallest absolute Gasteiger partial charge is 0.270 e. The maximum absolute atomic E-state index is 14.0. The highest BCUT2D eigenvalue weighted by atomic mass is 19.3. The highest BCUT2D eigenvalue weighted by molar-refractivity contribution is 5.50. The molecule has 0 spiro atoms. The molecule has 1 saturated heterocycles. The second kappa shape index (κ2) is 5.79. The summed E-state index contributed by atoms with van der Waals surface area (Å²) in [6.45, 7) is 3.77. The van der Waals surface area contributed by atoms with E-state index in [1.165, 1.54) is 6.07 Å². The summed E-state index contributed by atoms with van der Waals surface area (Å²) < 4.78 is 39.3. The summed E-state index contributed by atoms with van der Waals surface area (Å²) in [6.07, 6.45) is 2.53. The van der Waals surface area contributed by atoms with Gasteiger partial charge in [0, 0.05) is 18.9 Å². The Morgan fingerprint density at radius 1 is 1.10 bits per heavy atom. The van der Waals surface area contributed by atoms with Crippen LogP contribution < -0.4 is 14.8 Å². The molecule has 1 fully saturated rings. The number of fused-ring (bicyclic) bond motifs is 1. The molecule has 0 radical (unpaired) electrons. The van der Waals surface area contributed by atoms with Crippen molar-refractivity contribution in [3.63, 3.8) is 0 Å². The SMILES string of the molecule is CC(F)(F)c1cc2c(cc1C1CCNCC1)OCCCO2. The molecule has 0 aromatic heterocycles. The van der Waals surface area contributed by atoms with Gasteiger partial charge in [0.2, 0.25) is 0 Å². The number of halogens is 2. The number of ether oxygens (including phenoxy) is 2. The van der Waals surface area contributed by atoms with E-state index in [0.717, 1.165) is 39.3 Å². The molecule has 0 unspecified atom stereocenters. The van der Waals surface area contributed by atoms with Crippen molar-refractivity contribution in [1.82, 2.24) is 5.32 Å². The Labute approximate surface area is 123 Å². The van der Waals surface area contributed by atoms with Crippen LogP contribution in [0.4, 0.5) is 8.78 Å². The Bertz CT molecular complexity index is 508. The molecule has 0 aliphatic carbocycles. The lowest BCUT2D eigenvalue weighted by molar-refractivity contribution is 0.0157. The Morgan fingerprint density at radius 3 is 2.33 bits per heavy atom. The predicted octanol–water partition coefficient (Wildman–Crippen LogP) is 3.43. The number of rotatable bonds is 2. The number of alkyl halides is 2. The normalized spacial score (nSPS) is 20.1. The molecule has 0 atom stereocenters. The zero-order chi connectivity index (χ0) is 14.9. The average Bonchev–Trinajstić information content (AvgIpc) is 2.70. The van der Waals surface area contributed by atoms with Gasteiger partial charge in [-0.3, -0.25) is 0 Å². The molecule has 3 nitrogen and oxygen atoms in total. The Morgan fingerprint density at radius 2 is 1.71 bits per heavy atom. The van der Waals surface area contributed by atoms with Gasteiger partial charge in [0.05, 0.1) is 13.2 Å². The summed E-state index contributed by atoms with van der Waals surface area (Å²) >= 11 is 0. The van der Waals surface area contributed by atoms with Gasteiger partial charge in [-0.2, -0.15) is 0 Å². The molecular weight excluding hydrogens is 276 g/mol. The first kappa shape index (κ1) is 14.6. The molecule has 1 aromatic carbocycles. The van der Waals surface area contributed by atoms with E-state index in [4.69, 9.17) is 9.47 Å². The number of benzene rings is 1. The van der Waals surface area contributed by atoms with Crippen molar-refractivity contribution in [3.05, 3.63) is 23.3 Å². The molecule has 0 saturated carbocycles. The Kier molecular flexibility index (Phi) is 4.02. The van der Waals surface area contributed by atoms with Gasteiger partial charge in [-0.05, 0) is 49.5 Å². The van der Waals surface area contributed by atoms with Crippen molar-refractivity contribution in [2.45, 2.75) is 38.0 Å². The minimum absolute atomic E-state index is 0.0821. The zero-order valence-corrected chi connectivity index (χ0v) is 12.3. The third-order valence-electron chi connectivity index (χ3n) is 4.17. The van der Waals surface area contributed by atoms with Gasteiger partial charge >= 0.3 is 0 Å². The number of hydrogen-bond acceptors (Lipinski definition) is 3. The van der Waals surface area contributed by atoms with Crippen molar-refractivity contribution in [1.29, 1.82) is 0 Å². The van der Waals surface area contributed by atoms with Gasteiger partial charge in [-0.1, -0.05) is 0 Å². The zero-order valence-electron chi connectivity index (χ0n) is 12.3. The summed E-state index contributed by atoms with van der Waals surface area (Å²) in [5.41, 5.74) is 0.798. The van der Waals surface area contributed by atoms with Gasteiger partial charge in [-0.25, -0.2) is 8.78 Å². The molecule has 2 heterocycles. The van der Waals surface area contributed by atoms with E-state index in [1.807, 2.05) is 0 Å². The summed E-state index contributed by atoms with van der Waals surface area (Å²) in [5.74, 6) is -1.66. The molecule has 0 amide bonds. The highest BCUT2D eigenvalue weighted by Crippen LogP contribution is 2.43. The Balaban J connectivity index is 2.04. The van der Waals surface area contributed by atoms with Gasteiger partial charge in [0.15, 0.2) is 11.5 Å². The first-order chi connectivity index (χ1) is 10.1. The van der Waals surface area contributed by atoms with Crippen molar-refractivity contribution < 1.29 is 18.3 Å². The predicted molar refractivity (Wildman–Crippen MR) is 76.5 cm³/mol. The summed E-state index contributed by atoms with van der Waals surface area (Å²) in [7, 11) is 0. The molecule has 2 aliphatic heterocycles. The van der Waals surface area contributed by atoms with Gasteiger partial charge in [0.1, 0.15) is 0 Å². The second-order valence-electron chi connectivity index (χ2n) is 5.85. The number of piperidine rings is 1. The fourth-order valence-electron chi connectivity index (χ4n) is 3.08. The van der Waals surface area contributed by atoms with Crippen LogP contribution in [0.2, 0.25) is 0 Å². The van der Waals surface area contributed by atoms with E-state index < -0.39 is 5.92 Å². The van der Waals surface area contributed by atoms with Crippen molar-refractivity contribution in [2.75, 3.05) is 26.3 Å². The quantitative estimate of drug-likeness (QED) is 0.907. The second-order valence-corrected chi connectivity index (χ2v) is 5.85. The fraction of sp³-hybridized carbons (Fsp3) is 0.625. The summed E-state index contributed by atoms with van der Waals surface area (Å²) in [4.78, 5) is 0. The molecule has 2 aliphatic rings. The maximum Gasteiger partial charge on any atom is 0.270 e. The third kappa shape index (κ3) is 3.12. The largest absolute Gasteiger partial charge is 0.490 e. The van der Waals surface area contributed by atoms with Crippen LogP contribution in [0.5, 0.6) is 11.5 Å². The van der Waals surface area contributed by atoms with E-state index in [2.05, 4.69) is 5.32 Å². The summed E-state index contributed by atoms with van der Waals surface area (Å²) in [6, 6.07) is 3.27. The van der Waals surface area contributed by atoms with Crippen LogP contribution in [0, 0.1) is 0 Å². The van der Waals surface area contributed by atoms with Crippen molar-refractivity contribution in [2.24, 2.45) is 0 Å². The molecule has 3 rings (SSSR count). The van der Waals surface area contributed by atoms with Crippen LogP contribution in [0.15, 0.2) is 12.1 Å². The first-order valence-electron chi connectivity index (χ1n) is 7.58. The van der Waals surface area contributed by atoms with Crippen LogP contribution in [-0.2, 0) is 5.92 Å². The van der Waals surface area contributed by atoms with Crippen molar-refractivity contribution >= 4 is 0 Å². The lowest BCUT2D eigenvalue weighted by Crippen LogP contribution is -2.28. The van der Waals surface area contributed by atoms with E-state index >= 15 is 0 Å². The monoisotopic (exact) mass is 297 g/mol. The van der Waals surface area contributed by atoms with Gasteiger partial charge in [-0.15, -0.1) is 0 Å². The molecule has 0 bridgehead atoms. The standard InChI is InChI=1S/C16H21F2NO2/c1-16(17,18)13-10-15-14(20-7-2-8-21-15)9-12(13)11-3-5-19-6-4-11/h9-11,19H,2-8H2,1H3. The summed E-state index contributed by atoms with van der Waals surface area (Å²) in [5, 5.41) is 3.27. The lowest BCUT2D eigenvalue weighted by Gasteiger charge is -2.28. The third-order valence-corrected chi connectivity index (χ3v) is 4.17. The fourth-order valence-corrected chi connectivity index (χ4v) is 3.08. The first-order valence-corrected chi connectivity index (χ1v) is 7.58. The minimum Gasteiger partial charge on any atom is -0.490 e. The number of nitrogens with one attached hydrogen (secondary N) is 1. The lowest BCUT2D eigenvalue weighted by atomic mass is 9.85. The highest BCUT2D eigenvalue weighted by Gasteiger charge is 2.33. The minimum atomic E-state index is -2.87. The maximum atomic E-state index is 14.0. The molecule has 5 heteroatoms. The van der Waals surface area contributed by atoms with Gasteiger partial charge < -0.3 is 14.8 Å². The molecule has 116 valence electrons. The molecule has 21 heavy (non-hydrogen) atoms. The van der Waals surface area contributed by atoms with E-state index in [1.54, 1.807) is 6.07 Å². The van der Waals surface area contributed by atoms with Crippen LogP contribution in [0.3, 0.4) is 0 Å². The van der Waals surface area contributed by atoms with Crippen LogP contribution in [0.1, 0.15) is 43.2 Å². The van der Waals surface area contributed by atoms with E-state index in [-0.39, 0.29) is 11.5 Å². The van der Waals surface area contributed by atoms with E-state index in [0.29, 0.717) is 30.3 Å². The van der Waals surface area contributed by atoms with E-state index in [9.17, 15) is 8.78 Å².